The van der Waals surface area contributed by atoms with Crippen LogP contribution in [0.1, 0.15) is 64.7 Å². The first-order valence-electron chi connectivity index (χ1n) is 12.9. The highest BCUT2D eigenvalue weighted by molar-refractivity contribution is 5.69. The lowest BCUT2D eigenvalue weighted by Gasteiger charge is -2.32. The van der Waals surface area contributed by atoms with E-state index in [0.29, 0.717) is 6.42 Å². The summed E-state index contributed by atoms with van der Waals surface area (Å²) in [6.07, 6.45) is -3.95. The fourth-order valence-electron chi connectivity index (χ4n) is 4.46. The van der Waals surface area contributed by atoms with Crippen molar-refractivity contribution in [2.75, 3.05) is 26.4 Å². The maximum atomic E-state index is 12.1. The van der Waals surface area contributed by atoms with Crippen LogP contribution in [0.25, 0.3) is 0 Å². The Morgan fingerprint density at radius 2 is 1.58 bits per heavy atom. The van der Waals surface area contributed by atoms with Crippen molar-refractivity contribution in [3.63, 3.8) is 0 Å². The van der Waals surface area contributed by atoms with Crippen molar-refractivity contribution in [3.05, 3.63) is 0 Å². The second kappa shape index (κ2) is 15.5. The molecule has 12 heteroatoms. The number of unbranched alkanes of at least 4 members (excludes halogenated alkanes) is 6. The number of aliphatic hydroxyl groups is 7. The third kappa shape index (κ3) is 8.55. The van der Waals surface area contributed by atoms with Crippen LogP contribution in [0.3, 0.4) is 0 Å². The second-order valence-corrected chi connectivity index (χ2v) is 9.75. The quantitative estimate of drug-likeness (QED) is 0.0992. The minimum Gasteiger partial charge on any atom is -0.463 e. The zero-order valence-corrected chi connectivity index (χ0v) is 21.0. The summed E-state index contributed by atoms with van der Waals surface area (Å²) in [6, 6.07) is 0. The van der Waals surface area contributed by atoms with E-state index in [4.69, 9.17) is 18.9 Å². The summed E-state index contributed by atoms with van der Waals surface area (Å²) in [5, 5.41) is 70.3. The summed E-state index contributed by atoms with van der Waals surface area (Å²) in [4.78, 5) is 12.1. The van der Waals surface area contributed by atoms with Gasteiger partial charge in [-0.3, -0.25) is 4.79 Å². The standard InChI is InChI=1S/C24H44O12/c1-2-3-4-5-6-7-8-9-18(28)33-12-17-21(30)20(29)15(27)10-19(35-17)34-14-24(13-26)23(32)22(31)16(11-25)36-24/h15-17,19-23,25-27,29-32H,2-14H2,1H3/t15?,16-,17?,19?,20?,21-,22?,23+,24-/m0/s1. The van der Waals surface area contributed by atoms with Crippen molar-refractivity contribution in [2.24, 2.45) is 0 Å². The van der Waals surface area contributed by atoms with E-state index in [1.165, 1.54) is 19.3 Å². The number of carbonyl (C=O) groups excluding carboxylic acids is 1. The van der Waals surface area contributed by atoms with Gasteiger partial charge in [0.05, 0.1) is 25.9 Å². The molecule has 0 aromatic rings. The Hall–Kier alpha value is -0.930. The van der Waals surface area contributed by atoms with Gasteiger partial charge in [0.2, 0.25) is 0 Å². The number of carbonyl (C=O) groups is 1. The van der Waals surface area contributed by atoms with Crippen molar-refractivity contribution in [3.8, 4) is 0 Å². The van der Waals surface area contributed by atoms with Crippen LogP contribution < -0.4 is 0 Å². The van der Waals surface area contributed by atoms with E-state index < -0.39 is 80.4 Å². The van der Waals surface area contributed by atoms with E-state index in [2.05, 4.69) is 6.92 Å². The summed E-state index contributed by atoms with van der Waals surface area (Å²) in [6.45, 7) is -0.0645. The summed E-state index contributed by atoms with van der Waals surface area (Å²) >= 11 is 0. The summed E-state index contributed by atoms with van der Waals surface area (Å²) in [5.41, 5.74) is -1.76. The third-order valence-corrected chi connectivity index (χ3v) is 6.87. The maximum Gasteiger partial charge on any atom is 0.305 e. The fourth-order valence-corrected chi connectivity index (χ4v) is 4.46. The molecule has 0 amide bonds. The lowest BCUT2D eigenvalue weighted by atomic mass is 9.96. The van der Waals surface area contributed by atoms with Crippen LogP contribution in [0.2, 0.25) is 0 Å². The molecule has 2 fully saturated rings. The molecule has 7 N–H and O–H groups in total. The second-order valence-electron chi connectivity index (χ2n) is 9.75. The molecular formula is C24H44O12. The van der Waals surface area contributed by atoms with Gasteiger partial charge in [0, 0.05) is 12.8 Å². The number of rotatable bonds is 15. The highest BCUT2D eigenvalue weighted by Gasteiger charge is 2.54. The van der Waals surface area contributed by atoms with Crippen molar-refractivity contribution in [1.82, 2.24) is 0 Å². The van der Waals surface area contributed by atoms with Crippen molar-refractivity contribution < 1.29 is 59.5 Å². The first-order valence-corrected chi connectivity index (χ1v) is 12.9. The van der Waals surface area contributed by atoms with Crippen molar-refractivity contribution >= 4 is 5.97 Å². The SMILES string of the molecule is CCCCCCCCCC(=O)OCC1OC(OC[C@]2(CO)O[C@@H](CO)C(O)[C@H]2O)CC(O)C(O)[C@H]1O. The zero-order chi connectivity index (χ0) is 26.7. The van der Waals surface area contributed by atoms with Crippen LogP contribution in [-0.2, 0) is 23.7 Å². The van der Waals surface area contributed by atoms with Gasteiger partial charge in [0.15, 0.2) is 6.29 Å². The van der Waals surface area contributed by atoms with Crippen LogP contribution in [0.5, 0.6) is 0 Å². The van der Waals surface area contributed by atoms with Crippen LogP contribution >= 0.6 is 0 Å². The minimum absolute atomic E-state index is 0.213. The highest BCUT2D eigenvalue weighted by atomic mass is 16.7. The normalized spacial score (nSPS) is 37.1. The smallest absolute Gasteiger partial charge is 0.305 e. The number of esters is 1. The largest absolute Gasteiger partial charge is 0.463 e. The van der Waals surface area contributed by atoms with Gasteiger partial charge in [-0.25, -0.2) is 0 Å². The molecule has 2 heterocycles. The maximum absolute atomic E-state index is 12.1. The van der Waals surface area contributed by atoms with Gasteiger partial charge in [-0.1, -0.05) is 45.4 Å². The van der Waals surface area contributed by atoms with Gasteiger partial charge >= 0.3 is 5.97 Å². The molecule has 2 aliphatic rings. The van der Waals surface area contributed by atoms with E-state index in [-0.39, 0.29) is 19.4 Å². The predicted molar refractivity (Wildman–Crippen MR) is 125 cm³/mol. The van der Waals surface area contributed by atoms with E-state index in [9.17, 15) is 40.5 Å². The molecule has 9 atom stereocenters. The van der Waals surface area contributed by atoms with Gasteiger partial charge in [0.25, 0.3) is 0 Å². The molecule has 0 spiro atoms. The molecule has 2 saturated heterocycles. The third-order valence-electron chi connectivity index (χ3n) is 6.87. The predicted octanol–water partition coefficient (Wildman–Crippen LogP) is -1.27. The topological polar surface area (TPSA) is 196 Å². The monoisotopic (exact) mass is 524 g/mol. The summed E-state index contributed by atoms with van der Waals surface area (Å²) in [5.74, 6) is -0.471. The Labute approximate surface area is 211 Å². The Kier molecular flexibility index (Phi) is 13.4. The van der Waals surface area contributed by atoms with E-state index in [0.717, 1.165) is 19.3 Å². The molecule has 0 aromatic carbocycles. The van der Waals surface area contributed by atoms with Crippen molar-refractivity contribution in [1.29, 1.82) is 0 Å². The Bertz CT molecular complexity index is 636. The molecule has 0 saturated carbocycles. The van der Waals surface area contributed by atoms with Gasteiger partial charge in [-0.05, 0) is 6.42 Å². The Morgan fingerprint density at radius 1 is 0.917 bits per heavy atom. The van der Waals surface area contributed by atoms with Gasteiger partial charge < -0.3 is 54.7 Å². The molecule has 2 rings (SSSR count). The molecule has 0 aromatic heterocycles. The molecule has 5 unspecified atom stereocenters. The summed E-state index contributed by atoms with van der Waals surface area (Å²) in [7, 11) is 0. The van der Waals surface area contributed by atoms with Gasteiger partial charge in [-0.2, -0.15) is 0 Å². The average molecular weight is 525 g/mol. The van der Waals surface area contributed by atoms with Crippen LogP contribution in [0.15, 0.2) is 0 Å². The lowest BCUT2D eigenvalue weighted by Crippen LogP contribution is -2.51. The van der Waals surface area contributed by atoms with E-state index in [1.54, 1.807) is 0 Å². The van der Waals surface area contributed by atoms with Crippen molar-refractivity contribution in [2.45, 2.75) is 119 Å². The van der Waals surface area contributed by atoms with Gasteiger partial charge in [0.1, 0.15) is 48.8 Å². The number of hydrogen-bond donors (Lipinski definition) is 7. The molecule has 0 aliphatic carbocycles. The van der Waals surface area contributed by atoms with Crippen LogP contribution in [0.4, 0.5) is 0 Å². The van der Waals surface area contributed by atoms with E-state index >= 15 is 0 Å². The molecule has 0 radical (unpaired) electrons. The zero-order valence-electron chi connectivity index (χ0n) is 21.0. The van der Waals surface area contributed by atoms with E-state index in [1.807, 2.05) is 0 Å². The molecule has 36 heavy (non-hydrogen) atoms. The van der Waals surface area contributed by atoms with Crippen LogP contribution in [0, 0.1) is 0 Å². The lowest BCUT2D eigenvalue weighted by molar-refractivity contribution is -0.235. The number of aliphatic hydroxyl groups excluding tert-OH is 7. The summed E-state index contributed by atoms with van der Waals surface area (Å²) < 4.78 is 21.9. The molecule has 2 aliphatic heterocycles. The fraction of sp³-hybridized carbons (Fsp3) is 0.958. The number of ether oxygens (including phenoxy) is 4. The molecule has 12 nitrogen and oxygen atoms in total. The highest BCUT2D eigenvalue weighted by Crippen LogP contribution is 2.33. The van der Waals surface area contributed by atoms with Crippen LogP contribution in [-0.4, -0.2) is 123 Å². The Morgan fingerprint density at radius 3 is 2.19 bits per heavy atom. The Balaban J connectivity index is 1.87. The number of hydrogen-bond acceptors (Lipinski definition) is 12. The first-order chi connectivity index (χ1) is 17.2. The molecule has 0 bridgehead atoms. The molecular weight excluding hydrogens is 480 g/mol. The molecule has 212 valence electrons. The average Bonchev–Trinajstić information content (AvgIpc) is 3.06. The minimum atomic E-state index is -1.76. The first kappa shape index (κ1) is 31.3. The van der Waals surface area contributed by atoms with Gasteiger partial charge in [-0.15, -0.1) is 0 Å².